The van der Waals surface area contributed by atoms with E-state index < -0.39 is 0 Å². The highest BCUT2D eigenvalue weighted by molar-refractivity contribution is 5.87. The maximum absolute atomic E-state index is 5.72. The quantitative estimate of drug-likeness (QED) is 0.671. The summed E-state index contributed by atoms with van der Waals surface area (Å²) in [6.45, 7) is 2.10. The van der Waals surface area contributed by atoms with Gasteiger partial charge in [-0.2, -0.15) is 0 Å². The average Bonchev–Trinajstić information content (AvgIpc) is 2.17. The lowest BCUT2D eigenvalue weighted by Gasteiger charge is -2.03. The van der Waals surface area contributed by atoms with Crippen molar-refractivity contribution in [3.8, 4) is 0 Å². The Balaban J connectivity index is 2.79. The van der Waals surface area contributed by atoms with Gasteiger partial charge < -0.3 is 5.73 Å². The largest absolute Gasteiger partial charge is 0.399 e. The molecular weight excluding hydrogens is 160 g/mol. The molecule has 2 N–H and O–H groups in total. The van der Waals surface area contributed by atoms with Gasteiger partial charge in [-0.15, -0.1) is 0 Å². The molecule has 0 fully saturated rings. The molecule has 2 nitrogen and oxygen atoms in total. The number of aryl methyl sites for hydroxylation is 1. The van der Waals surface area contributed by atoms with Crippen LogP contribution in [0.15, 0.2) is 30.5 Å². The minimum atomic E-state index is 0.801. The lowest BCUT2D eigenvalue weighted by molar-refractivity contribution is 1.06. The van der Waals surface area contributed by atoms with Crippen LogP contribution < -0.4 is 5.73 Å². The first-order valence-corrected chi connectivity index (χ1v) is 4.44. The van der Waals surface area contributed by atoms with E-state index in [-0.39, 0.29) is 0 Å². The molecule has 0 atom stereocenters. The van der Waals surface area contributed by atoms with Crippen LogP contribution in [0.25, 0.3) is 10.8 Å². The second-order valence-corrected chi connectivity index (χ2v) is 3.09. The van der Waals surface area contributed by atoms with Crippen molar-refractivity contribution >= 4 is 16.5 Å². The first-order chi connectivity index (χ1) is 6.31. The van der Waals surface area contributed by atoms with Gasteiger partial charge in [-0.05, 0) is 30.0 Å². The van der Waals surface area contributed by atoms with E-state index in [2.05, 4.69) is 11.9 Å². The van der Waals surface area contributed by atoms with Crippen LogP contribution in [0.2, 0.25) is 0 Å². The predicted octanol–water partition coefficient (Wildman–Crippen LogP) is 2.38. The van der Waals surface area contributed by atoms with Gasteiger partial charge in [-0.1, -0.05) is 13.0 Å². The standard InChI is InChI=1S/C11H12N2/c1-2-11-10-7-9(12)4-3-8(10)5-6-13-11/h3-7H,2,12H2,1H3. The minimum Gasteiger partial charge on any atom is -0.399 e. The number of aromatic nitrogens is 1. The summed E-state index contributed by atoms with van der Waals surface area (Å²) in [5.41, 5.74) is 7.64. The number of rotatable bonds is 1. The van der Waals surface area contributed by atoms with Crippen LogP contribution in [0.5, 0.6) is 0 Å². The summed E-state index contributed by atoms with van der Waals surface area (Å²) >= 11 is 0. The molecule has 2 heteroatoms. The van der Waals surface area contributed by atoms with E-state index in [1.165, 1.54) is 10.8 Å². The van der Waals surface area contributed by atoms with Crippen molar-refractivity contribution < 1.29 is 0 Å². The molecule has 0 amide bonds. The van der Waals surface area contributed by atoms with Gasteiger partial charge >= 0.3 is 0 Å². The number of nitrogens with zero attached hydrogens (tertiary/aromatic N) is 1. The third-order valence-corrected chi connectivity index (χ3v) is 2.21. The van der Waals surface area contributed by atoms with Crippen molar-refractivity contribution in [3.63, 3.8) is 0 Å². The Morgan fingerprint density at radius 2 is 2.15 bits per heavy atom. The summed E-state index contributed by atoms with van der Waals surface area (Å²) < 4.78 is 0. The van der Waals surface area contributed by atoms with Gasteiger partial charge in [0.05, 0.1) is 0 Å². The van der Waals surface area contributed by atoms with Gasteiger partial charge in [0.1, 0.15) is 0 Å². The predicted molar refractivity (Wildman–Crippen MR) is 55.5 cm³/mol. The third kappa shape index (κ3) is 1.35. The van der Waals surface area contributed by atoms with Crippen molar-refractivity contribution in [2.75, 3.05) is 5.73 Å². The number of nitrogens with two attached hydrogens (primary N) is 1. The van der Waals surface area contributed by atoms with Gasteiger partial charge in [0.2, 0.25) is 0 Å². The molecule has 2 aromatic rings. The molecular formula is C11H12N2. The second-order valence-electron chi connectivity index (χ2n) is 3.09. The molecule has 0 aliphatic rings. The molecule has 0 unspecified atom stereocenters. The normalized spacial score (nSPS) is 10.5. The number of hydrogen-bond acceptors (Lipinski definition) is 2. The summed E-state index contributed by atoms with van der Waals surface area (Å²) in [5.74, 6) is 0. The molecule has 0 bridgehead atoms. The molecule has 1 aromatic heterocycles. The van der Waals surface area contributed by atoms with Crippen LogP contribution in [0.3, 0.4) is 0 Å². The highest BCUT2D eigenvalue weighted by Gasteiger charge is 1.99. The summed E-state index contributed by atoms with van der Waals surface area (Å²) in [7, 11) is 0. The number of fused-ring (bicyclic) bond motifs is 1. The zero-order chi connectivity index (χ0) is 9.26. The first-order valence-electron chi connectivity index (χ1n) is 4.44. The van der Waals surface area contributed by atoms with Crippen molar-refractivity contribution in [1.29, 1.82) is 0 Å². The molecule has 13 heavy (non-hydrogen) atoms. The zero-order valence-corrected chi connectivity index (χ0v) is 7.62. The van der Waals surface area contributed by atoms with Crippen LogP contribution in [-0.4, -0.2) is 4.98 Å². The monoisotopic (exact) mass is 172 g/mol. The first kappa shape index (κ1) is 8.05. The molecule has 0 aliphatic heterocycles. The Kier molecular flexibility index (Phi) is 1.89. The van der Waals surface area contributed by atoms with E-state index in [0.717, 1.165) is 17.8 Å². The van der Waals surface area contributed by atoms with E-state index in [0.29, 0.717) is 0 Å². The van der Waals surface area contributed by atoms with Crippen LogP contribution in [0.4, 0.5) is 5.69 Å². The zero-order valence-electron chi connectivity index (χ0n) is 7.62. The van der Waals surface area contributed by atoms with Crippen molar-refractivity contribution in [3.05, 3.63) is 36.2 Å². The minimum absolute atomic E-state index is 0.801. The van der Waals surface area contributed by atoms with Crippen molar-refractivity contribution in [2.24, 2.45) is 0 Å². The summed E-state index contributed by atoms with van der Waals surface area (Å²) in [5, 5.41) is 2.38. The molecule has 1 aromatic carbocycles. The smallest absolute Gasteiger partial charge is 0.0479 e. The SMILES string of the molecule is CCc1nccc2ccc(N)cc12. The molecule has 0 radical (unpaired) electrons. The highest BCUT2D eigenvalue weighted by Crippen LogP contribution is 2.19. The van der Waals surface area contributed by atoms with Crippen LogP contribution >= 0.6 is 0 Å². The third-order valence-electron chi connectivity index (χ3n) is 2.21. The molecule has 0 saturated heterocycles. The summed E-state index contributed by atoms with van der Waals surface area (Å²) in [6.07, 6.45) is 2.79. The van der Waals surface area contributed by atoms with E-state index in [9.17, 15) is 0 Å². The van der Waals surface area contributed by atoms with Crippen LogP contribution in [-0.2, 0) is 6.42 Å². The van der Waals surface area contributed by atoms with E-state index >= 15 is 0 Å². The number of pyridine rings is 1. The summed E-state index contributed by atoms with van der Waals surface area (Å²) in [6, 6.07) is 7.95. The van der Waals surface area contributed by atoms with Gasteiger partial charge in [0.15, 0.2) is 0 Å². The second kappa shape index (κ2) is 3.05. The van der Waals surface area contributed by atoms with E-state index in [1.807, 2.05) is 30.5 Å². The van der Waals surface area contributed by atoms with E-state index in [1.54, 1.807) is 0 Å². The molecule has 2 rings (SSSR count). The molecule has 1 heterocycles. The average molecular weight is 172 g/mol. The Bertz CT molecular complexity index is 435. The van der Waals surface area contributed by atoms with Gasteiger partial charge in [0, 0.05) is 23.0 Å². The fourth-order valence-corrected chi connectivity index (χ4v) is 1.53. The molecule has 0 spiro atoms. The van der Waals surface area contributed by atoms with Crippen molar-refractivity contribution in [1.82, 2.24) is 4.98 Å². The van der Waals surface area contributed by atoms with E-state index in [4.69, 9.17) is 5.73 Å². The van der Waals surface area contributed by atoms with Crippen LogP contribution in [0.1, 0.15) is 12.6 Å². The number of nitrogen functional groups attached to an aromatic ring is 1. The number of anilines is 1. The Hall–Kier alpha value is -1.57. The molecule has 0 aliphatic carbocycles. The van der Waals surface area contributed by atoms with Crippen LogP contribution in [0, 0.1) is 0 Å². The maximum atomic E-state index is 5.72. The highest BCUT2D eigenvalue weighted by atomic mass is 14.7. The Morgan fingerprint density at radius 3 is 2.92 bits per heavy atom. The number of benzene rings is 1. The fourth-order valence-electron chi connectivity index (χ4n) is 1.53. The molecule has 66 valence electrons. The lowest BCUT2D eigenvalue weighted by atomic mass is 10.1. The van der Waals surface area contributed by atoms with Gasteiger partial charge in [0.25, 0.3) is 0 Å². The topological polar surface area (TPSA) is 38.9 Å². The van der Waals surface area contributed by atoms with Crippen molar-refractivity contribution in [2.45, 2.75) is 13.3 Å². The Labute approximate surface area is 77.4 Å². The van der Waals surface area contributed by atoms with Gasteiger partial charge in [-0.3, -0.25) is 4.98 Å². The fraction of sp³-hybridized carbons (Fsp3) is 0.182. The lowest BCUT2D eigenvalue weighted by Crippen LogP contribution is -1.90. The van der Waals surface area contributed by atoms with Gasteiger partial charge in [-0.25, -0.2) is 0 Å². The maximum Gasteiger partial charge on any atom is 0.0479 e. The number of hydrogen-bond donors (Lipinski definition) is 1. The Morgan fingerprint density at radius 1 is 1.31 bits per heavy atom. The summed E-state index contributed by atoms with van der Waals surface area (Å²) in [4.78, 5) is 4.31. The molecule has 0 saturated carbocycles.